The largest absolute Gasteiger partial charge is 0.504 e. The number of nitro groups is 1. The second-order valence-corrected chi connectivity index (χ2v) is 5.89. The Morgan fingerprint density at radius 1 is 1.24 bits per heavy atom. The summed E-state index contributed by atoms with van der Waals surface area (Å²) in [5.74, 6) is -0.398. The van der Waals surface area contributed by atoms with E-state index in [0.29, 0.717) is 23.3 Å². The molecule has 0 aliphatic carbocycles. The molecule has 0 fully saturated rings. The summed E-state index contributed by atoms with van der Waals surface area (Å²) in [6.45, 7) is 0.266. The number of phenols is 1. The third-order valence-corrected chi connectivity index (χ3v) is 3.81. The Kier molecular flexibility index (Phi) is 7.66. The van der Waals surface area contributed by atoms with Crippen molar-refractivity contribution in [3.05, 3.63) is 63.7 Å². The number of methoxy groups -OCH3 is 1. The van der Waals surface area contributed by atoms with Gasteiger partial charge in [-0.2, -0.15) is 5.10 Å². The van der Waals surface area contributed by atoms with Crippen molar-refractivity contribution in [2.45, 2.75) is 12.8 Å². The highest BCUT2D eigenvalue weighted by atomic mass is 16.6. The van der Waals surface area contributed by atoms with Crippen molar-refractivity contribution in [2.24, 2.45) is 5.10 Å². The van der Waals surface area contributed by atoms with E-state index in [2.05, 4.69) is 15.8 Å². The molecule has 10 nitrogen and oxygen atoms in total. The molecule has 2 amide bonds. The van der Waals surface area contributed by atoms with Crippen molar-refractivity contribution in [3.63, 3.8) is 0 Å². The molecule has 0 aliphatic rings. The first-order valence-electron chi connectivity index (χ1n) is 8.62. The van der Waals surface area contributed by atoms with Crippen molar-refractivity contribution in [1.29, 1.82) is 0 Å². The van der Waals surface area contributed by atoms with Gasteiger partial charge in [0.15, 0.2) is 11.5 Å². The molecule has 2 rings (SSSR count). The first kappa shape index (κ1) is 21.4. The molecule has 0 unspecified atom stereocenters. The minimum Gasteiger partial charge on any atom is -0.504 e. The normalized spacial score (nSPS) is 10.5. The zero-order valence-corrected chi connectivity index (χ0v) is 15.6. The Morgan fingerprint density at radius 3 is 2.62 bits per heavy atom. The number of aromatic hydroxyl groups is 1. The third kappa shape index (κ3) is 6.61. The van der Waals surface area contributed by atoms with Crippen LogP contribution in [0.25, 0.3) is 0 Å². The summed E-state index contributed by atoms with van der Waals surface area (Å²) in [6, 6.07) is 9.88. The van der Waals surface area contributed by atoms with E-state index in [0.717, 1.165) is 0 Å². The monoisotopic (exact) mass is 400 g/mol. The van der Waals surface area contributed by atoms with Crippen molar-refractivity contribution >= 4 is 23.7 Å². The lowest BCUT2D eigenvalue weighted by atomic mass is 10.2. The number of carbonyl (C=O) groups excluding carboxylic acids is 2. The lowest BCUT2D eigenvalue weighted by Crippen LogP contribution is -2.26. The number of amides is 2. The van der Waals surface area contributed by atoms with E-state index >= 15 is 0 Å². The fourth-order valence-electron chi connectivity index (χ4n) is 2.30. The topological polar surface area (TPSA) is 143 Å². The molecule has 0 atom stereocenters. The highest BCUT2D eigenvalue weighted by Crippen LogP contribution is 2.25. The van der Waals surface area contributed by atoms with E-state index in [-0.39, 0.29) is 36.2 Å². The summed E-state index contributed by atoms with van der Waals surface area (Å²) in [4.78, 5) is 33.8. The Bertz CT molecular complexity index is 911. The van der Waals surface area contributed by atoms with Crippen LogP contribution in [0.1, 0.15) is 28.8 Å². The maximum absolute atomic E-state index is 11.9. The van der Waals surface area contributed by atoms with E-state index in [9.17, 15) is 24.8 Å². The molecule has 0 saturated carbocycles. The highest BCUT2D eigenvalue weighted by molar-refractivity contribution is 5.94. The van der Waals surface area contributed by atoms with Gasteiger partial charge in [-0.3, -0.25) is 19.7 Å². The van der Waals surface area contributed by atoms with Gasteiger partial charge in [0.1, 0.15) is 0 Å². The van der Waals surface area contributed by atoms with Gasteiger partial charge in [0.25, 0.3) is 11.6 Å². The van der Waals surface area contributed by atoms with Crippen LogP contribution in [0.5, 0.6) is 11.5 Å². The molecule has 0 radical (unpaired) electrons. The van der Waals surface area contributed by atoms with Gasteiger partial charge in [0.2, 0.25) is 5.91 Å². The first-order valence-corrected chi connectivity index (χ1v) is 8.62. The molecule has 0 heterocycles. The Hall–Kier alpha value is -3.95. The quantitative estimate of drug-likeness (QED) is 0.254. The van der Waals surface area contributed by atoms with Gasteiger partial charge in [0, 0.05) is 30.7 Å². The van der Waals surface area contributed by atoms with Gasteiger partial charge in [-0.1, -0.05) is 0 Å². The average Bonchev–Trinajstić information content (AvgIpc) is 2.72. The molecule has 0 saturated heterocycles. The summed E-state index contributed by atoms with van der Waals surface area (Å²) >= 11 is 0. The SMILES string of the molecule is COc1cc(C=NNC(=O)CCCNC(=O)c2ccc([N+](=O)[O-])cc2)ccc1O. The lowest BCUT2D eigenvalue weighted by Gasteiger charge is -2.05. The van der Waals surface area contributed by atoms with Gasteiger partial charge in [-0.05, 0) is 42.3 Å². The number of nitrogens with zero attached hydrogens (tertiary/aromatic N) is 2. The second kappa shape index (κ2) is 10.4. The molecule has 29 heavy (non-hydrogen) atoms. The van der Waals surface area contributed by atoms with Gasteiger partial charge >= 0.3 is 0 Å². The van der Waals surface area contributed by atoms with E-state index in [1.54, 1.807) is 12.1 Å². The molecule has 10 heteroatoms. The van der Waals surface area contributed by atoms with Crippen molar-refractivity contribution in [3.8, 4) is 11.5 Å². The molecule has 2 aromatic rings. The van der Waals surface area contributed by atoms with Crippen LogP contribution in [0.2, 0.25) is 0 Å². The molecule has 3 N–H and O–H groups in total. The Labute approximate surface area is 166 Å². The zero-order chi connectivity index (χ0) is 21.2. The van der Waals surface area contributed by atoms with Gasteiger partial charge in [-0.15, -0.1) is 0 Å². The fourth-order valence-corrected chi connectivity index (χ4v) is 2.30. The summed E-state index contributed by atoms with van der Waals surface area (Å²) in [5.41, 5.74) is 3.21. The summed E-state index contributed by atoms with van der Waals surface area (Å²) < 4.78 is 4.98. The van der Waals surface area contributed by atoms with Crippen LogP contribution >= 0.6 is 0 Å². The summed E-state index contributed by atoms with van der Waals surface area (Å²) in [7, 11) is 1.43. The summed E-state index contributed by atoms with van der Waals surface area (Å²) in [6.07, 6.45) is 1.96. The molecule has 0 aliphatic heterocycles. The van der Waals surface area contributed by atoms with Crippen LogP contribution in [0, 0.1) is 10.1 Å². The number of hydrogen-bond donors (Lipinski definition) is 3. The predicted molar refractivity (Wildman–Crippen MR) is 105 cm³/mol. The molecular formula is C19H20N4O6. The number of nitrogens with one attached hydrogen (secondary N) is 2. The number of hydrogen-bond acceptors (Lipinski definition) is 7. The highest BCUT2D eigenvalue weighted by Gasteiger charge is 2.09. The van der Waals surface area contributed by atoms with Gasteiger partial charge in [-0.25, -0.2) is 5.43 Å². The van der Waals surface area contributed by atoms with Crippen LogP contribution in [-0.2, 0) is 4.79 Å². The zero-order valence-electron chi connectivity index (χ0n) is 15.6. The van der Waals surface area contributed by atoms with E-state index in [4.69, 9.17) is 4.74 Å². The number of benzene rings is 2. The predicted octanol–water partition coefficient (Wildman–Crippen LogP) is 1.97. The van der Waals surface area contributed by atoms with Gasteiger partial charge < -0.3 is 15.2 Å². The molecular weight excluding hydrogens is 380 g/mol. The maximum Gasteiger partial charge on any atom is 0.269 e. The van der Waals surface area contributed by atoms with Crippen LogP contribution in [0.4, 0.5) is 5.69 Å². The Morgan fingerprint density at radius 2 is 1.97 bits per heavy atom. The van der Waals surface area contributed by atoms with Crippen LogP contribution < -0.4 is 15.5 Å². The minimum absolute atomic E-state index is 0.00413. The van der Waals surface area contributed by atoms with E-state index in [1.807, 2.05) is 0 Å². The standard InChI is InChI=1S/C19H20N4O6/c1-29-17-11-13(4-9-16(17)24)12-21-22-18(25)3-2-10-20-19(26)14-5-7-15(8-6-14)23(27)28/h4-9,11-12,24H,2-3,10H2,1H3,(H,20,26)(H,22,25). The first-order chi connectivity index (χ1) is 13.9. The molecule has 0 spiro atoms. The Balaban J connectivity index is 1.70. The minimum atomic E-state index is -0.541. The van der Waals surface area contributed by atoms with Crippen molar-refractivity contribution in [2.75, 3.05) is 13.7 Å². The lowest BCUT2D eigenvalue weighted by molar-refractivity contribution is -0.384. The summed E-state index contributed by atoms with van der Waals surface area (Å²) in [5, 5.41) is 26.6. The van der Waals surface area contributed by atoms with E-state index < -0.39 is 4.92 Å². The van der Waals surface area contributed by atoms with Crippen molar-refractivity contribution in [1.82, 2.24) is 10.7 Å². The van der Waals surface area contributed by atoms with Crippen LogP contribution in [0.15, 0.2) is 47.6 Å². The number of hydrazone groups is 1. The van der Waals surface area contributed by atoms with E-state index in [1.165, 1.54) is 43.7 Å². The smallest absolute Gasteiger partial charge is 0.269 e. The molecule has 0 bridgehead atoms. The third-order valence-electron chi connectivity index (χ3n) is 3.81. The number of phenolic OH excluding ortho intramolecular Hbond substituents is 1. The molecule has 152 valence electrons. The fraction of sp³-hybridized carbons (Fsp3) is 0.211. The van der Waals surface area contributed by atoms with Crippen LogP contribution in [-0.4, -0.2) is 41.7 Å². The van der Waals surface area contributed by atoms with Crippen LogP contribution in [0.3, 0.4) is 0 Å². The molecule has 0 aromatic heterocycles. The molecule has 2 aromatic carbocycles. The number of rotatable bonds is 9. The number of ether oxygens (including phenoxy) is 1. The average molecular weight is 400 g/mol. The number of carbonyl (C=O) groups is 2. The maximum atomic E-state index is 11.9. The van der Waals surface area contributed by atoms with Crippen molar-refractivity contribution < 1.29 is 24.4 Å². The van der Waals surface area contributed by atoms with Gasteiger partial charge in [0.05, 0.1) is 18.2 Å². The number of nitro benzene ring substituents is 1. The second-order valence-electron chi connectivity index (χ2n) is 5.89. The number of non-ortho nitro benzene ring substituents is 1.